The zero-order chi connectivity index (χ0) is 13.4. The van der Waals surface area contributed by atoms with E-state index in [0.29, 0.717) is 12.0 Å². The Kier molecular flexibility index (Phi) is 5.67. The SMILES string of the molecule is Cc1cc(C/C(=C\C#CCO)CO)ccc1C#N. The Labute approximate surface area is 107 Å². The summed E-state index contributed by atoms with van der Waals surface area (Å²) in [6.45, 7) is 1.63. The largest absolute Gasteiger partial charge is 0.392 e. The van der Waals surface area contributed by atoms with E-state index >= 15 is 0 Å². The van der Waals surface area contributed by atoms with Crippen molar-refractivity contribution in [3.05, 3.63) is 46.5 Å². The Balaban J connectivity index is 2.86. The van der Waals surface area contributed by atoms with Crippen LogP contribution < -0.4 is 0 Å². The number of aliphatic hydroxyl groups is 2. The summed E-state index contributed by atoms with van der Waals surface area (Å²) in [5.41, 5.74) is 3.39. The first-order chi connectivity index (χ1) is 8.71. The van der Waals surface area contributed by atoms with Crippen LogP contribution in [0.2, 0.25) is 0 Å². The second-order valence-electron chi connectivity index (χ2n) is 3.88. The Morgan fingerprint density at radius 3 is 2.72 bits per heavy atom. The van der Waals surface area contributed by atoms with Gasteiger partial charge in [0.25, 0.3) is 0 Å². The topological polar surface area (TPSA) is 64.2 Å². The molecule has 0 radical (unpaired) electrons. The number of aliphatic hydroxyl groups excluding tert-OH is 2. The first kappa shape index (κ1) is 14.0. The fourth-order valence-electron chi connectivity index (χ4n) is 1.57. The minimum Gasteiger partial charge on any atom is -0.392 e. The minimum atomic E-state index is -0.189. The smallest absolute Gasteiger partial charge is 0.104 e. The Morgan fingerprint density at radius 2 is 2.17 bits per heavy atom. The van der Waals surface area contributed by atoms with E-state index in [0.717, 1.165) is 16.7 Å². The van der Waals surface area contributed by atoms with Crippen LogP contribution in [0.4, 0.5) is 0 Å². The highest BCUT2D eigenvalue weighted by Crippen LogP contribution is 2.13. The van der Waals surface area contributed by atoms with E-state index in [2.05, 4.69) is 17.9 Å². The fraction of sp³-hybridized carbons (Fsp3) is 0.267. The monoisotopic (exact) mass is 241 g/mol. The van der Waals surface area contributed by atoms with E-state index in [1.807, 2.05) is 19.1 Å². The van der Waals surface area contributed by atoms with Crippen LogP contribution in [0.15, 0.2) is 29.8 Å². The van der Waals surface area contributed by atoms with Crippen molar-refractivity contribution in [3.8, 4) is 17.9 Å². The van der Waals surface area contributed by atoms with Gasteiger partial charge in [0.1, 0.15) is 6.61 Å². The molecule has 1 aromatic rings. The lowest BCUT2D eigenvalue weighted by Crippen LogP contribution is -1.97. The molecule has 2 N–H and O–H groups in total. The number of nitriles is 1. The summed E-state index contributed by atoms with van der Waals surface area (Å²) >= 11 is 0. The van der Waals surface area contributed by atoms with Gasteiger partial charge in [0.05, 0.1) is 18.2 Å². The molecule has 0 aromatic heterocycles. The third-order valence-electron chi connectivity index (χ3n) is 2.50. The molecule has 0 spiro atoms. The first-order valence-corrected chi connectivity index (χ1v) is 5.59. The molecular weight excluding hydrogens is 226 g/mol. The normalized spacial score (nSPS) is 10.4. The average molecular weight is 241 g/mol. The van der Waals surface area contributed by atoms with Gasteiger partial charge in [-0.25, -0.2) is 0 Å². The molecule has 0 heterocycles. The van der Waals surface area contributed by atoms with E-state index in [-0.39, 0.29) is 13.2 Å². The van der Waals surface area contributed by atoms with Gasteiger partial charge in [-0.15, -0.1) is 0 Å². The number of nitrogens with zero attached hydrogens (tertiary/aromatic N) is 1. The standard InChI is InChI=1S/C15H15NO2/c1-12-8-13(5-6-15(12)10-16)9-14(11-18)4-2-3-7-17/h4-6,8,17-18H,7,9,11H2,1H3/b14-4+. The van der Waals surface area contributed by atoms with Crippen LogP contribution >= 0.6 is 0 Å². The van der Waals surface area contributed by atoms with Gasteiger partial charge < -0.3 is 10.2 Å². The number of rotatable bonds is 3. The molecular formula is C15H15NO2. The maximum Gasteiger partial charge on any atom is 0.104 e. The van der Waals surface area contributed by atoms with Crippen molar-refractivity contribution in [1.29, 1.82) is 5.26 Å². The van der Waals surface area contributed by atoms with Gasteiger partial charge in [-0.2, -0.15) is 5.26 Å². The van der Waals surface area contributed by atoms with Gasteiger partial charge in [0, 0.05) is 0 Å². The van der Waals surface area contributed by atoms with Crippen LogP contribution in [0.5, 0.6) is 0 Å². The predicted octanol–water partition coefficient (Wildman–Crippen LogP) is 1.32. The lowest BCUT2D eigenvalue weighted by atomic mass is 10.0. The molecule has 0 aliphatic heterocycles. The van der Waals surface area contributed by atoms with Crippen LogP contribution in [0, 0.1) is 30.1 Å². The number of aryl methyl sites for hydroxylation is 1. The highest BCUT2D eigenvalue weighted by atomic mass is 16.3. The Morgan fingerprint density at radius 1 is 1.39 bits per heavy atom. The van der Waals surface area contributed by atoms with E-state index in [1.165, 1.54) is 0 Å². The lowest BCUT2D eigenvalue weighted by molar-refractivity contribution is 0.328. The fourth-order valence-corrected chi connectivity index (χ4v) is 1.57. The molecule has 1 aromatic carbocycles. The molecule has 18 heavy (non-hydrogen) atoms. The zero-order valence-corrected chi connectivity index (χ0v) is 10.3. The molecule has 0 atom stereocenters. The third kappa shape index (κ3) is 4.07. The van der Waals surface area contributed by atoms with E-state index in [1.54, 1.807) is 12.1 Å². The second kappa shape index (κ2) is 7.29. The first-order valence-electron chi connectivity index (χ1n) is 5.59. The maximum atomic E-state index is 9.21. The van der Waals surface area contributed by atoms with Crippen molar-refractivity contribution in [1.82, 2.24) is 0 Å². The molecule has 0 bridgehead atoms. The number of allylic oxidation sites excluding steroid dienone is 1. The summed E-state index contributed by atoms with van der Waals surface area (Å²) in [6.07, 6.45) is 2.20. The van der Waals surface area contributed by atoms with Gasteiger partial charge >= 0.3 is 0 Å². The second-order valence-corrected chi connectivity index (χ2v) is 3.88. The molecule has 0 saturated carbocycles. The summed E-state index contributed by atoms with van der Waals surface area (Å²) in [7, 11) is 0. The lowest BCUT2D eigenvalue weighted by Gasteiger charge is -2.05. The van der Waals surface area contributed by atoms with Crippen molar-refractivity contribution in [2.45, 2.75) is 13.3 Å². The van der Waals surface area contributed by atoms with Crippen LogP contribution in [0.3, 0.4) is 0 Å². The molecule has 0 saturated heterocycles. The molecule has 0 aliphatic rings. The Hall–Kier alpha value is -2.07. The van der Waals surface area contributed by atoms with Crippen LogP contribution in [0.25, 0.3) is 0 Å². The van der Waals surface area contributed by atoms with Crippen molar-refractivity contribution < 1.29 is 10.2 Å². The summed E-state index contributed by atoms with van der Waals surface area (Å²) in [6, 6.07) is 7.70. The average Bonchev–Trinajstić information content (AvgIpc) is 2.38. The summed E-state index contributed by atoms with van der Waals surface area (Å²) in [4.78, 5) is 0. The molecule has 0 aliphatic carbocycles. The van der Waals surface area contributed by atoms with E-state index in [9.17, 15) is 5.11 Å². The number of hydrogen-bond acceptors (Lipinski definition) is 3. The van der Waals surface area contributed by atoms with Crippen LogP contribution in [-0.2, 0) is 6.42 Å². The molecule has 3 nitrogen and oxygen atoms in total. The van der Waals surface area contributed by atoms with E-state index in [4.69, 9.17) is 10.4 Å². The van der Waals surface area contributed by atoms with Crippen molar-refractivity contribution in [3.63, 3.8) is 0 Å². The number of benzene rings is 1. The molecule has 0 amide bonds. The Bertz CT molecular complexity index is 542. The van der Waals surface area contributed by atoms with Gasteiger partial charge in [-0.1, -0.05) is 24.0 Å². The summed E-state index contributed by atoms with van der Waals surface area (Å²) < 4.78 is 0. The van der Waals surface area contributed by atoms with Gasteiger partial charge in [0.15, 0.2) is 0 Å². The maximum absolute atomic E-state index is 9.21. The van der Waals surface area contributed by atoms with Crippen molar-refractivity contribution in [2.75, 3.05) is 13.2 Å². The predicted molar refractivity (Wildman–Crippen MR) is 69.6 cm³/mol. The van der Waals surface area contributed by atoms with Crippen molar-refractivity contribution in [2.24, 2.45) is 0 Å². The van der Waals surface area contributed by atoms with Crippen LogP contribution in [0.1, 0.15) is 16.7 Å². The quantitative estimate of drug-likeness (QED) is 0.784. The summed E-state index contributed by atoms with van der Waals surface area (Å²) in [5.74, 6) is 5.17. The van der Waals surface area contributed by atoms with Gasteiger partial charge in [0.2, 0.25) is 0 Å². The number of hydrogen-bond donors (Lipinski definition) is 2. The molecule has 1 rings (SSSR count). The summed E-state index contributed by atoms with van der Waals surface area (Å²) in [5, 5.41) is 26.6. The highest BCUT2D eigenvalue weighted by molar-refractivity contribution is 5.40. The van der Waals surface area contributed by atoms with Crippen LogP contribution in [-0.4, -0.2) is 23.4 Å². The zero-order valence-electron chi connectivity index (χ0n) is 10.3. The molecule has 0 unspecified atom stereocenters. The highest BCUT2D eigenvalue weighted by Gasteiger charge is 2.02. The molecule has 0 fully saturated rings. The van der Waals surface area contributed by atoms with Crippen molar-refractivity contribution >= 4 is 0 Å². The van der Waals surface area contributed by atoms with E-state index < -0.39 is 0 Å². The van der Waals surface area contributed by atoms with Gasteiger partial charge in [-0.3, -0.25) is 0 Å². The third-order valence-corrected chi connectivity index (χ3v) is 2.50. The minimum absolute atomic E-state index is 0.0703. The molecule has 92 valence electrons. The molecule has 3 heteroatoms. The van der Waals surface area contributed by atoms with Gasteiger partial charge in [-0.05, 0) is 42.2 Å².